The van der Waals surface area contributed by atoms with Crippen molar-refractivity contribution in [3.05, 3.63) is 216 Å². The fourth-order valence-corrected chi connectivity index (χ4v) is 7.32. The molecule has 232 valence electrons. The van der Waals surface area contributed by atoms with Crippen molar-refractivity contribution in [1.82, 2.24) is 0 Å². The summed E-state index contributed by atoms with van der Waals surface area (Å²) in [6, 6.07) is 68.2. The predicted octanol–water partition coefficient (Wildman–Crippen LogP) is 12.4. The molecule has 0 amide bonds. The molecule has 1 aliphatic rings. The predicted molar refractivity (Wildman–Crippen MR) is 199 cm³/mol. The maximum atomic E-state index is 6.68. The number of benzene rings is 7. The number of furan rings is 1. The molecule has 0 radical (unpaired) electrons. The molecule has 0 fully saturated rings. The first-order chi connectivity index (χ1) is 24.3. The van der Waals surface area contributed by atoms with Crippen LogP contribution in [0.15, 0.2) is 199 Å². The molecule has 9 rings (SSSR count). The van der Waals surface area contributed by atoms with Gasteiger partial charge in [-0.3, -0.25) is 0 Å². The SMILES string of the molecule is c1ccc(-c2ccc(-c3ccc(-c4ccc(-c5ccc6c(c5)Oc5ccccc5C6(c5ccccc5)c5ccccc5)o4)cc3)cc2)cc1. The third kappa shape index (κ3) is 4.97. The van der Waals surface area contributed by atoms with Crippen molar-refractivity contribution in [3.8, 4) is 56.4 Å². The van der Waals surface area contributed by atoms with Crippen molar-refractivity contribution >= 4 is 0 Å². The normalized spacial score (nSPS) is 12.8. The van der Waals surface area contributed by atoms with Crippen LogP contribution in [0, 0.1) is 0 Å². The van der Waals surface area contributed by atoms with Crippen LogP contribution in [0.3, 0.4) is 0 Å². The van der Waals surface area contributed by atoms with E-state index in [0.717, 1.165) is 45.3 Å². The summed E-state index contributed by atoms with van der Waals surface area (Å²) < 4.78 is 13.2. The molecule has 2 nitrogen and oxygen atoms in total. The van der Waals surface area contributed by atoms with Gasteiger partial charge in [-0.15, -0.1) is 0 Å². The lowest BCUT2D eigenvalue weighted by atomic mass is 9.63. The highest BCUT2D eigenvalue weighted by atomic mass is 16.5. The van der Waals surface area contributed by atoms with Gasteiger partial charge in [0.1, 0.15) is 23.0 Å². The average molecular weight is 629 g/mol. The summed E-state index contributed by atoms with van der Waals surface area (Å²) in [6.45, 7) is 0. The Hall–Kier alpha value is -6.38. The number of rotatable bonds is 6. The molecule has 0 saturated carbocycles. The molecular weight excluding hydrogens is 597 g/mol. The van der Waals surface area contributed by atoms with Gasteiger partial charge in [-0.25, -0.2) is 0 Å². The number of ether oxygens (including phenoxy) is 1. The van der Waals surface area contributed by atoms with Crippen LogP contribution in [0.25, 0.3) is 44.9 Å². The Morgan fingerprint density at radius 1 is 0.306 bits per heavy atom. The summed E-state index contributed by atoms with van der Waals surface area (Å²) in [5.74, 6) is 3.30. The minimum absolute atomic E-state index is 0.539. The Bertz CT molecular complexity index is 2330. The first-order valence-corrected chi connectivity index (χ1v) is 16.7. The number of hydrogen-bond acceptors (Lipinski definition) is 2. The van der Waals surface area contributed by atoms with Crippen LogP contribution in [0.4, 0.5) is 0 Å². The van der Waals surface area contributed by atoms with Gasteiger partial charge in [0, 0.05) is 22.3 Å². The van der Waals surface area contributed by atoms with E-state index in [0.29, 0.717) is 0 Å². The van der Waals surface area contributed by atoms with Gasteiger partial charge < -0.3 is 9.15 Å². The minimum atomic E-state index is -0.539. The van der Waals surface area contributed by atoms with E-state index in [2.05, 4.69) is 170 Å². The maximum Gasteiger partial charge on any atom is 0.134 e. The minimum Gasteiger partial charge on any atom is -0.457 e. The third-order valence-corrected chi connectivity index (χ3v) is 9.70. The van der Waals surface area contributed by atoms with Crippen LogP contribution >= 0.6 is 0 Å². The summed E-state index contributed by atoms with van der Waals surface area (Å²) in [5.41, 5.74) is 10.9. The second kappa shape index (κ2) is 12.0. The lowest BCUT2D eigenvalue weighted by Gasteiger charge is -2.41. The van der Waals surface area contributed by atoms with E-state index >= 15 is 0 Å². The Kier molecular flexibility index (Phi) is 7.06. The highest BCUT2D eigenvalue weighted by molar-refractivity contribution is 5.75. The highest BCUT2D eigenvalue weighted by Gasteiger charge is 2.45. The molecule has 2 heteroatoms. The quantitative estimate of drug-likeness (QED) is 0.183. The van der Waals surface area contributed by atoms with Crippen LogP contribution in [-0.2, 0) is 5.41 Å². The lowest BCUT2D eigenvalue weighted by molar-refractivity contribution is 0.434. The monoisotopic (exact) mass is 628 g/mol. The van der Waals surface area contributed by atoms with Crippen molar-refractivity contribution in [3.63, 3.8) is 0 Å². The van der Waals surface area contributed by atoms with Crippen molar-refractivity contribution in [2.45, 2.75) is 5.41 Å². The largest absolute Gasteiger partial charge is 0.457 e. The van der Waals surface area contributed by atoms with Gasteiger partial charge in [0.2, 0.25) is 0 Å². The third-order valence-electron chi connectivity index (χ3n) is 9.70. The standard InChI is InChI=1S/C47H32O2/c1-4-12-33(13-5-1)34-20-22-35(23-21-34)36-24-26-37(27-25-36)43-30-31-44(48-43)38-28-29-42-46(32-38)49-45-19-11-10-18-41(45)47(42,39-14-6-2-7-15-39)40-16-8-3-9-17-40/h1-32H. The molecule has 0 atom stereocenters. The first-order valence-electron chi connectivity index (χ1n) is 16.7. The summed E-state index contributed by atoms with van der Waals surface area (Å²) in [5, 5.41) is 0. The summed E-state index contributed by atoms with van der Waals surface area (Å²) in [7, 11) is 0. The maximum absolute atomic E-state index is 6.68. The summed E-state index contributed by atoms with van der Waals surface area (Å²) in [6.07, 6.45) is 0. The van der Waals surface area contributed by atoms with Gasteiger partial charge in [0.25, 0.3) is 0 Å². The van der Waals surface area contributed by atoms with Crippen LogP contribution in [0.5, 0.6) is 11.5 Å². The molecule has 1 aliphatic heterocycles. The lowest BCUT2D eigenvalue weighted by Crippen LogP contribution is -2.34. The Balaban J connectivity index is 1.06. The Labute approximate surface area is 286 Å². The van der Waals surface area contributed by atoms with Crippen LogP contribution in [0.1, 0.15) is 22.3 Å². The fraction of sp³-hybridized carbons (Fsp3) is 0.0213. The van der Waals surface area contributed by atoms with Gasteiger partial charge in [0.05, 0.1) is 5.41 Å². The van der Waals surface area contributed by atoms with Crippen molar-refractivity contribution < 1.29 is 9.15 Å². The molecule has 7 aromatic carbocycles. The van der Waals surface area contributed by atoms with Gasteiger partial charge in [-0.2, -0.15) is 0 Å². The summed E-state index contributed by atoms with van der Waals surface area (Å²) in [4.78, 5) is 0. The van der Waals surface area contributed by atoms with Gasteiger partial charge in [0.15, 0.2) is 0 Å². The van der Waals surface area contributed by atoms with E-state index in [1.54, 1.807) is 0 Å². The first kappa shape index (κ1) is 28.8. The van der Waals surface area contributed by atoms with Crippen molar-refractivity contribution in [2.75, 3.05) is 0 Å². The van der Waals surface area contributed by atoms with Crippen molar-refractivity contribution in [1.29, 1.82) is 0 Å². The molecule has 0 unspecified atom stereocenters. The van der Waals surface area contributed by atoms with Crippen LogP contribution in [-0.4, -0.2) is 0 Å². The molecule has 1 aromatic heterocycles. The molecule has 0 spiro atoms. The zero-order valence-corrected chi connectivity index (χ0v) is 26.8. The Morgan fingerprint density at radius 3 is 1.33 bits per heavy atom. The second-order valence-corrected chi connectivity index (χ2v) is 12.5. The molecule has 8 aromatic rings. The van der Waals surface area contributed by atoms with Gasteiger partial charge in [-0.05, 0) is 57.6 Å². The molecular formula is C47H32O2. The summed E-state index contributed by atoms with van der Waals surface area (Å²) >= 11 is 0. The second-order valence-electron chi connectivity index (χ2n) is 12.5. The van der Waals surface area contributed by atoms with Crippen LogP contribution < -0.4 is 4.74 Å². The van der Waals surface area contributed by atoms with Crippen molar-refractivity contribution in [2.24, 2.45) is 0 Å². The van der Waals surface area contributed by atoms with Crippen LogP contribution in [0.2, 0.25) is 0 Å². The molecule has 0 saturated heterocycles. The number of hydrogen-bond donors (Lipinski definition) is 0. The van der Waals surface area contributed by atoms with Gasteiger partial charge in [-0.1, -0.05) is 170 Å². The van der Waals surface area contributed by atoms with E-state index in [1.165, 1.54) is 33.4 Å². The number of para-hydroxylation sites is 1. The molecule has 0 N–H and O–H groups in total. The zero-order chi connectivity index (χ0) is 32.6. The van der Waals surface area contributed by atoms with E-state index in [4.69, 9.17) is 9.15 Å². The fourth-order valence-electron chi connectivity index (χ4n) is 7.32. The topological polar surface area (TPSA) is 22.4 Å². The van der Waals surface area contributed by atoms with E-state index < -0.39 is 5.41 Å². The Morgan fingerprint density at radius 2 is 0.735 bits per heavy atom. The van der Waals surface area contributed by atoms with Gasteiger partial charge >= 0.3 is 0 Å². The molecule has 0 bridgehead atoms. The molecule has 2 heterocycles. The smallest absolute Gasteiger partial charge is 0.134 e. The number of fused-ring (bicyclic) bond motifs is 2. The molecule has 0 aliphatic carbocycles. The van der Waals surface area contributed by atoms with E-state index in [1.807, 2.05) is 24.3 Å². The average Bonchev–Trinajstić information content (AvgIpc) is 3.69. The zero-order valence-electron chi connectivity index (χ0n) is 26.8. The van der Waals surface area contributed by atoms with E-state index in [-0.39, 0.29) is 0 Å². The highest BCUT2D eigenvalue weighted by Crippen LogP contribution is 2.55. The molecule has 49 heavy (non-hydrogen) atoms. The van der Waals surface area contributed by atoms with E-state index in [9.17, 15) is 0 Å².